The van der Waals surface area contributed by atoms with Crippen molar-refractivity contribution in [3.05, 3.63) is 70.0 Å². The maximum Gasteiger partial charge on any atom is 0.433 e. The fourth-order valence-electron chi connectivity index (χ4n) is 7.95. The quantitative estimate of drug-likeness (QED) is 0.277. The number of carbonyl (C=O) groups is 2. The van der Waals surface area contributed by atoms with Crippen molar-refractivity contribution in [1.82, 2.24) is 14.8 Å². The predicted molar refractivity (Wildman–Crippen MR) is 149 cm³/mol. The lowest BCUT2D eigenvalue weighted by molar-refractivity contribution is -0.141. The highest BCUT2D eigenvalue weighted by Gasteiger charge is 2.54. The number of amides is 2. The number of aryl methyl sites for hydroxylation is 1. The van der Waals surface area contributed by atoms with Gasteiger partial charge in [-0.2, -0.15) is 18.3 Å². The van der Waals surface area contributed by atoms with E-state index in [1.165, 1.54) is 26.2 Å². The fourth-order valence-corrected chi connectivity index (χ4v) is 9.01. The summed E-state index contributed by atoms with van der Waals surface area (Å²) in [5, 5.41) is 8.16. The van der Waals surface area contributed by atoms with Gasteiger partial charge in [0.25, 0.3) is 11.8 Å². The van der Waals surface area contributed by atoms with Gasteiger partial charge in [0, 0.05) is 17.0 Å². The van der Waals surface area contributed by atoms with Crippen LogP contribution in [0.25, 0.3) is 15.9 Å². The Hall–Kier alpha value is -3.73. The van der Waals surface area contributed by atoms with Crippen LogP contribution in [0.2, 0.25) is 0 Å². The molecule has 0 saturated heterocycles. The number of benzene rings is 1. The van der Waals surface area contributed by atoms with Crippen LogP contribution in [0.3, 0.4) is 0 Å². The third kappa shape index (κ3) is 4.32. The molecule has 3 aromatic heterocycles. The third-order valence-corrected chi connectivity index (χ3v) is 10.2. The second-order valence-electron chi connectivity index (χ2n) is 12.0. The first-order chi connectivity index (χ1) is 19.5. The predicted octanol–water partition coefficient (Wildman–Crippen LogP) is 6.63. The van der Waals surface area contributed by atoms with E-state index in [0.29, 0.717) is 23.3 Å². The molecule has 8 rings (SSSR count). The molecule has 3 N–H and O–H groups in total. The molecule has 0 radical (unpaired) electrons. The van der Waals surface area contributed by atoms with Gasteiger partial charge in [-0.3, -0.25) is 9.59 Å². The van der Waals surface area contributed by atoms with Crippen molar-refractivity contribution in [3.63, 3.8) is 0 Å². The van der Waals surface area contributed by atoms with E-state index >= 15 is 0 Å². The smallest absolute Gasteiger partial charge is 0.365 e. The van der Waals surface area contributed by atoms with Crippen molar-refractivity contribution in [1.29, 1.82) is 0 Å². The number of halogens is 3. The van der Waals surface area contributed by atoms with Gasteiger partial charge in [0.15, 0.2) is 0 Å². The number of alkyl halides is 3. The van der Waals surface area contributed by atoms with Crippen LogP contribution < -0.4 is 11.1 Å². The molecule has 41 heavy (non-hydrogen) atoms. The van der Waals surface area contributed by atoms with E-state index in [0.717, 1.165) is 48.0 Å². The van der Waals surface area contributed by atoms with E-state index in [2.05, 4.69) is 10.3 Å². The average Bonchev–Trinajstić information content (AvgIpc) is 3.52. The molecule has 0 atom stereocenters. The van der Waals surface area contributed by atoms with Crippen molar-refractivity contribution < 1.29 is 22.8 Å². The zero-order valence-corrected chi connectivity index (χ0v) is 23.1. The number of nitrogens with one attached hydrogen (secondary N) is 1. The zero-order chi connectivity index (χ0) is 28.7. The number of rotatable bonds is 5. The molecule has 4 aliphatic rings. The molecule has 7 nitrogen and oxygen atoms in total. The normalized spacial score (nSPS) is 25.1. The van der Waals surface area contributed by atoms with E-state index in [1.54, 1.807) is 10.9 Å². The Morgan fingerprint density at radius 1 is 1.07 bits per heavy atom. The first-order valence-electron chi connectivity index (χ1n) is 13.8. The molecule has 4 aromatic rings. The summed E-state index contributed by atoms with van der Waals surface area (Å²) in [5.74, 6) is 0.547. The summed E-state index contributed by atoms with van der Waals surface area (Å²) in [6.07, 6.45) is 3.73. The highest BCUT2D eigenvalue weighted by Crippen LogP contribution is 2.61. The number of primary amides is 1. The molecule has 0 spiro atoms. The Labute approximate surface area is 237 Å². The van der Waals surface area contributed by atoms with Gasteiger partial charge in [0.05, 0.1) is 22.6 Å². The van der Waals surface area contributed by atoms with Crippen molar-refractivity contribution in [2.24, 2.45) is 23.5 Å². The molecular weight excluding hydrogens is 551 g/mol. The molecule has 3 heterocycles. The Balaban J connectivity index is 1.34. The Bertz CT molecular complexity index is 1670. The summed E-state index contributed by atoms with van der Waals surface area (Å²) >= 11 is 0.746. The van der Waals surface area contributed by atoms with E-state index < -0.39 is 23.7 Å². The SMILES string of the molecule is Cc1cc(C(F)(F)F)nc2sc(C(N)=O)c(NC(=O)c3cn(-c4ccccc4)nc3C34CC5CC(CC(C5)C3)C4)c12. The summed E-state index contributed by atoms with van der Waals surface area (Å²) in [6, 6.07) is 10.5. The van der Waals surface area contributed by atoms with Gasteiger partial charge in [-0.05, 0) is 87.0 Å². The molecule has 4 aliphatic carbocycles. The molecule has 1 aromatic carbocycles. The van der Waals surface area contributed by atoms with Gasteiger partial charge >= 0.3 is 6.18 Å². The van der Waals surface area contributed by atoms with E-state index in [-0.39, 0.29) is 31.8 Å². The lowest BCUT2D eigenvalue weighted by Crippen LogP contribution is -2.49. The number of thiophene rings is 1. The number of hydrogen-bond donors (Lipinski definition) is 2. The van der Waals surface area contributed by atoms with Crippen molar-refractivity contribution in [2.45, 2.75) is 57.0 Å². The Kier molecular flexibility index (Phi) is 5.84. The number of nitrogens with two attached hydrogens (primary N) is 1. The largest absolute Gasteiger partial charge is 0.433 e. The molecule has 2 amide bonds. The monoisotopic (exact) mass is 579 g/mol. The minimum Gasteiger partial charge on any atom is -0.365 e. The van der Waals surface area contributed by atoms with Crippen LogP contribution in [0.5, 0.6) is 0 Å². The average molecular weight is 580 g/mol. The first kappa shape index (κ1) is 26.2. The second kappa shape index (κ2) is 9.14. The molecule has 0 aliphatic heterocycles. The van der Waals surface area contributed by atoms with Crippen LogP contribution in [0.15, 0.2) is 42.6 Å². The Morgan fingerprint density at radius 3 is 2.29 bits per heavy atom. The number of fused-ring (bicyclic) bond motifs is 1. The Morgan fingerprint density at radius 2 is 1.71 bits per heavy atom. The number of nitrogens with zero attached hydrogens (tertiary/aromatic N) is 3. The van der Waals surface area contributed by atoms with Gasteiger partial charge in [0.1, 0.15) is 15.4 Å². The maximum atomic E-state index is 14.1. The molecular formula is C30H28F3N5O2S. The van der Waals surface area contributed by atoms with Crippen molar-refractivity contribution in [2.75, 3.05) is 5.32 Å². The van der Waals surface area contributed by atoms with Gasteiger partial charge in [0.2, 0.25) is 0 Å². The highest BCUT2D eigenvalue weighted by atomic mass is 32.1. The number of aromatic nitrogens is 3. The van der Waals surface area contributed by atoms with Crippen LogP contribution in [0.4, 0.5) is 18.9 Å². The number of para-hydroxylation sites is 1. The number of hydrogen-bond acceptors (Lipinski definition) is 5. The molecule has 4 bridgehead atoms. The van der Waals surface area contributed by atoms with Crippen molar-refractivity contribution in [3.8, 4) is 5.69 Å². The topological polar surface area (TPSA) is 103 Å². The molecule has 0 unspecified atom stereocenters. The van der Waals surface area contributed by atoms with E-state index in [1.807, 2.05) is 30.3 Å². The van der Waals surface area contributed by atoms with E-state index in [4.69, 9.17) is 10.8 Å². The lowest BCUT2D eigenvalue weighted by Gasteiger charge is -2.56. The summed E-state index contributed by atoms with van der Waals surface area (Å²) in [6.45, 7) is 1.50. The summed E-state index contributed by atoms with van der Waals surface area (Å²) < 4.78 is 42.1. The van der Waals surface area contributed by atoms with E-state index in [9.17, 15) is 22.8 Å². The van der Waals surface area contributed by atoms with Crippen LogP contribution in [-0.2, 0) is 11.6 Å². The van der Waals surface area contributed by atoms with Gasteiger partial charge in [-0.1, -0.05) is 18.2 Å². The molecule has 11 heteroatoms. The lowest BCUT2D eigenvalue weighted by atomic mass is 9.48. The van der Waals surface area contributed by atoms with Crippen molar-refractivity contribution >= 4 is 39.1 Å². The van der Waals surface area contributed by atoms with Crippen LogP contribution >= 0.6 is 11.3 Å². The fraction of sp³-hybridized carbons (Fsp3) is 0.400. The first-order valence-corrected chi connectivity index (χ1v) is 14.6. The molecule has 212 valence electrons. The van der Waals surface area contributed by atoms with Gasteiger partial charge in [-0.15, -0.1) is 11.3 Å². The van der Waals surface area contributed by atoms with Gasteiger partial charge < -0.3 is 11.1 Å². The van der Waals surface area contributed by atoms with Crippen LogP contribution in [-0.4, -0.2) is 26.6 Å². The second-order valence-corrected chi connectivity index (χ2v) is 13.0. The summed E-state index contributed by atoms with van der Waals surface area (Å²) in [5.41, 5.74) is 6.67. The number of pyridine rings is 1. The summed E-state index contributed by atoms with van der Waals surface area (Å²) in [4.78, 5) is 30.2. The maximum absolute atomic E-state index is 14.1. The zero-order valence-electron chi connectivity index (χ0n) is 22.3. The molecule has 4 saturated carbocycles. The van der Waals surface area contributed by atoms with Gasteiger partial charge in [-0.25, -0.2) is 9.67 Å². The number of anilines is 1. The van der Waals surface area contributed by atoms with Crippen LogP contribution in [0.1, 0.15) is 75.5 Å². The highest BCUT2D eigenvalue weighted by molar-refractivity contribution is 7.21. The summed E-state index contributed by atoms with van der Waals surface area (Å²) in [7, 11) is 0. The standard InChI is InChI=1S/C30H28F3N5O2S/c1-15-7-21(30(31,32)33)35-28-22(15)23(24(41-28)26(34)39)36-27(40)20-14-38(19-5-3-2-4-6-19)37-25(20)29-11-16-8-17(12-29)10-18(9-16)13-29/h2-7,14,16-18H,8-13H2,1H3,(H2,34,39)(H,36,40). The minimum absolute atomic E-state index is 0.0114. The van der Waals surface area contributed by atoms with Crippen LogP contribution in [0, 0.1) is 24.7 Å². The molecule has 4 fully saturated rings. The minimum atomic E-state index is -4.65. The third-order valence-electron chi connectivity index (χ3n) is 9.13. The number of carbonyl (C=O) groups excluding carboxylic acids is 2.